The summed E-state index contributed by atoms with van der Waals surface area (Å²) in [6.45, 7) is 8.38. The van der Waals surface area contributed by atoms with E-state index < -0.39 is 12.0 Å². The molecule has 0 atom stereocenters. The summed E-state index contributed by atoms with van der Waals surface area (Å²) in [4.78, 5) is 43.0. The van der Waals surface area contributed by atoms with Crippen molar-refractivity contribution >= 4 is 39.9 Å². The Balaban J connectivity index is 2.35. The Bertz CT molecular complexity index is 1290. The number of primary amides is 1. The van der Waals surface area contributed by atoms with Gasteiger partial charge in [0.15, 0.2) is 11.6 Å². The highest BCUT2D eigenvalue weighted by Gasteiger charge is 2.25. The summed E-state index contributed by atoms with van der Waals surface area (Å²) in [6, 6.07) is 5.23. The van der Waals surface area contributed by atoms with Gasteiger partial charge in [-0.15, -0.1) is 11.3 Å². The molecule has 10 heteroatoms. The number of unbranched alkanes of at least 4 members (excludes halogenated alkanes) is 1. The molecule has 0 radical (unpaired) electrons. The monoisotopic (exact) mass is 486 g/mol. The molecule has 0 aliphatic heterocycles. The molecule has 0 unspecified atom stereocenters. The number of aryl methyl sites for hydroxylation is 1. The molecule has 0 saturated carbocycles. The molecule has 0 aliphatic carbocycles. The highest BCUT2D eigenvalue weighted by Crippen LogP contribution is 2.38. The van der Waals surface area contributed by atoms with Gasteiger partial charge in [0.1, 0.15) is 9.88 Å². The zero-order chi connectivity index (χ0) is 25.2. The van der Waals surface area contributed by atoms with Gasteiger partial charge in [-0.05, 0) is 31.4 Å². The van der Waals surface area contributed by atoms with Crippen molar-refractivity contribution < 1.29 is 19.4 Å². The smallest absolute Gasteiger partial charge is 0.412 e. The minimum atomic E-state index is -1.20. The second-order valence-corrected chi connectivity index (χ2v) is 9.56. The molecule has 0 fully saturated rings. The van der Waals surface area contributed by atoms with Gasteiger partial charge in [-0.25, -0.2) is 9.78 Å². The average molecular weight is 487 g/mol. The Hall–Kier alpha value is -3.40. The van der Waals surface area contributed by atoms with E-state index in [1.54, 1.807) is 25.1 Å². The Morgan fingerprint density at radius 2 is 2.00 bits per heavy atom. The molecule has 0 bridgehead atoms. The fourth-order valence-electron chi connectivity index (χ4n) is 3.70. The van der Waals surface area contributed by atoms with E-state index in [0.29, 0.717) is 50.8 Å². The van der Waals surface area contributed by atoms with E-state index >= 15 is 0 Å². The van der Waals surface area contributed by atoms with Crippen molar-refractivity contribution in [2.45, 2.75) is 47.1 Å². The quantitative estimate of drug-likeness (QED) is 0.429. The number of hydrogen-bond acceptors (Lipinski definition) is 6. The van der Waals surface area contributed by atoms with Gasteiger partial charge in [0.2, 0.25) is 0 Å². The molecule has 3 aromatic rings. The van der Waals surface area contributed by atoms with Crippen molar-refractivity contribution in [2.24, 2.45) is 11.7 Å². The van der Waals surface area contributed by atoms with Gasteiger partial charge in [-0.2, -0.15) is 0 Å². The van der Waals surface area contributed by atoms with Crippen LogP contribution in [-0.2, 0) is 6.54 Å². The molecule has 0 saturated heterocycles. The third-order valence-corrected chi connectivity index (χ3v) is 6.58. The van der Waals surface area contributed by atoms with Gasteiger partial charge in [-0.3, -0.25) is 19.1 Å². The van der Waals surface area contributed by atoms with E-state index in [2.05, 4.69) is 4.98 Å². The summed E-state index contributed by atoms with van der Waals surface area (Å²) >= 11 is 1.17. The number of amides is 2. The fraction of sp³-hybridized carbons (Fsp3) is 0.417. The van der Waals surface area contributed by atoms with Crippen LogP contribution in [0.25, 0.3) is 21.3 Å². The summed E-state index contributed by atoms with van der Waals surface area (Å²) in [5.74, 6) is 0.0795. The van der Waals surface area contributed by atoms with E-state index in [1.165, 1.54) is 23.0 Å². The first-order chi connectivity index (χ1) is 16.1. The molecule has 2 amide bonds. The van der Waals surface area contributed by atoms with Crippen LogP contribution < -0.4 is 20.9 Å². The first kappa shape index (κ1) is 25.2. The van der Waals surface area contributed by atoms with Gasteiger partial charge in [0.25, 0.3) is 11.5 Å². The summed E-state index contributed by atoms with van der Waals surface area (Å²) in [7, 11) is 1.40. The molecule has 34 heavy (non-hydrogen) atoms. The van der Waals surface area contributed by atoms with Crippen LogP contribution in [0.3, 0.4) is 0 Å². The summed E-state index contributed by atoms with van der Waals surface area (Å²) in [5.41, 5.74) is 6.37. The third kappa shape index (κ3) is 4.91. The standard InChI is InChI=1S/C24H30N4O5S/c1-6-7-10-33-18-17-11-15(21-26-14(4)19(34-21)20(25)29)8-9-16(17)23(30)28(12-13(2)3)22(18)27(5)24(31)32/h8-9,11,13H,6-7,10,12H2,1-5H3,(H2,25,29)(H,31,32). The number of nitrogens with two attached hydrogens (primary N) is 1. The van der Waals surface area contributed by atoms with Crippen LogP contribution in [0.4, 0.5) is 10.6 Å². The molecule has 0 spiro atoms. The predicted octanol–water partition coefficient (Wildman–Crippen LogP) is 4.48. The zero-order valence-electron chi connectivity index (χ0n) is 20.0. The van der Waals surface area contributed by atoms with Crippen molar-refractivity contribution in [3.8, 4) is 16.3 Å². The maximum atomic E-state index is 13.5. The summed E-state index contributed by atoms with van der Waals surface area (Å²) in [5, 5.41) is 11.3. The maximum absolute atomic E-state index is 13.5. The topological polar surface area (TPSA) is 128 Å². The van der Waals surface area contributed by atoms with Crippen molar-refractivity contribution in [1.29, 1.82) is 0 Å². The lowest BCUT2D eigenvalue weighted by Crippen LogP contribution is -2.34. The number of carbonyl (C=O) groups excluding carboxylic acids is 1. The average Bonchev–Trinajstić information content (AvgIpc) is 3.17. The van der Waals surface area contributed by atoms with Crippen molar-refractivity contribution in [3.63, 3.8) is 0 Å². The number of fused-ring (bicyclic) bond motifs is 1. The Morgan fingerprint density at radius 3 is 2.56 bits per heavy atom. The minimum Gasteiger partial charge on any atom is -0.489 e. The minimum absolute atomic E-state index is 0.101. The molecule has 3 N–H and O–H groups in total. The number of pyridine rings is 1. The molecule has 3 rings (SSSR count). The van der Waals surface area contributed by atoms with E-state index in [-0.39, 0.29) is 17.3 Å². The number of anilines is 1. The summed E-state index contributed by atoms with van der Waals surface area (Å²) < 4.78 is 7.61. The van der Waals surface area contributed by atoms with Crippen LogP contribution in [0.15, 0.2) is 23.0 Å². The van der Waals surface area contributed by atoms with Gasteiger partial charge in [0, 0.05) is 24.5 Å². The van der Waals surface area contributed by atoms with Gasteiger partial charge >= 0.3 is 6.09 Å². The summed E-state index contributed by atoms with van der Waals surface area (Å²) in [6.07, 6.45) is 0.469. The van der Waals surface area contributed by atoms with Crippen molar-refractivity contribution in [3.05, 3.63) is 39.1 Å². The second kappa shape index (κ2) is 10.3. The predicted molar refractivity (Wildman–Crippen MR) is 134 cm³/mol. The van der Waals surface area contributed by atoms with Crippen molar-refractivity contribution in [1.82, 2.24) is 9.55 Å². The number of hydrogen-bond donors (Lipinski definition) is 2. The zero-order valence-corrected chi connectivity index (χ0v) is 20.9. The van der Waals surface area contributed by atoms with E-state index in [9.17, 15) is 19.5 Å². The highest BCUT2D eigenvalue weighted by atomic mass is 32.1. The maximum Gasteiger partial charge on any atom is 0.412 e. The second-order valence-electron chi connectivity index (χ2n) is 8.56. The van der Waals surface area contributed by atoms with Crippen LogP contribution in [0.2, 0.25) is 0 Å². The van der Waals surface area contributed by atoms with E-state index in [0.717, 1.165) is 17.7 Å². The van der Waals surface area contributed by atoms with Gasteiger partial charge in [-0.1, -0.05) is 33.3 Å². The number of carboxylic acid groups (broad SMARTS) is 1. The molecule has 182 valence electrons. The highest BCUT2D eigenvalue weighted by molar-refractivity contribution is 7.17. The van der Waals surface area contributed by atoms with Crippen LogP contribution in [0, 0.1) is 12.8 Å². The first-order valence-electron chi connectivity index (χ1n) is 11.1. The lowest BCUT2D eigenvalue weighted by atomic mass is 10.1. The molecule has 1 aromatic carbocycles. The van der Waals surface area contributed by atoms with E-state index in [4.69, 9.17) is 10.5 Å². The lowest BCUT2D eigenvalue weighted by Gasteiger charge is -2.25. The van der Waals surface area contributed by atoms with Gasteiger partial charge in [0.05, 0.1) is 17.7 Å². The number of carbonyl (C=O) groups is 2. The normalized spacial score (nSPS) is 11.2. The number of nitrogens with zero attached hydrogens (tertiary/aromatic N) is 3. The Morgan fingerprint density at radius 1 is 1.29 bits per heavy atom. The van der Waals surface area contributed by atoms with E-state index in [1.807, 2.05) is 20.8 Å². The number of thiazole rings is 1. The third-order valence-electron chi connectivity index (χ3n) is 5.36. The Labute approximate surface area is 201 Å². The lowest BCUT2D eigenvalue weighted by molar-refractivity contribution is 0.100. The van der Waals surface area contributed by atoms with Crippen molar-refractivity contribution in [2.75, 3.05) is 18.6 Å². The largest absolute Gasteiger partial charge is 0.489 e. The SMILES string of the molecule is CCCCOc1c(N(C)C(=O)O)n(CC(C)C)c(=O)c2ccc(-c3nc(C)c(C(N)=O)s3)cc12. The number of ether oxygens (including phenoxy) is 1. The van der Waals surface area contributed by atoms with Crippen LogP contribution in [0.5, 0.6) is 5.75 Å². The van der Waals surface area contributed by atoms with Crippen LogP contribution >= 0.6 is 11.3 Å². The molecule has 0 aliphatic rings. The van der Waals surface area contributed by atoms with Crippen LogP contribution in [0.1, 0.15) is 49.0 Å². The molecule has 2 heterocycles. The van der Waals surface area contributed by atoms with Crippen LogP contribution in [-0.4, -0.2) is 40.3 Å². The number of rotatable bonds is 9. The fourth-order valence-corrected chi connectivity index (χ4v) is 4.62. The first-order valence-corrected chi connectivity index (χ1v) is 12.0. The molecule has 9 nitrogen and oxygen atoms in total. The number of aromatic nitrogens is 2. The number of benzene rings is 1. The molecular formula is C24H30N4O5S. The molecular weight excluding hydrogens is 456 g/mol. The molecule has 2 aromatic heterocycles. The van der Waals surface area contributed by atoms with Gasteiger partial charge < -0.3 is 15.6 Å². The Kier molecular flexibility index (Phi) is 7.61.